The quantitative estimate of drug-likeness (QED) is 0.798. The summed E-state index contributed by atoms with van der Waals surface area (Å²) in [5, 5.41) is 0.626. The molecule has 0 fully saturated rings. The van der Waals surface area contributed by atoms with E-state index >= 15 is 0 Å². The summed E-state index contributed by atoms with van der Waals surface area (Å²) in [6.07, 6.45) is 1.66. The van der Waals surface area contributed by atoms with Crippen molar-refractivity contribution in [2.24, 2.45) is 0 Å². The Morgan fingerprint density at radius 2 is 1.96 bits per heavy atom. The average molecular weight is 329 g/mol. The van der Waals surface area contributed by atoms with Gasteiger partial charge in [0.2, 0.25) is 5.78 Å². The lowest BCUT2D eigenvalue weighted by Gasteiger charge is -2.04. The molecule has 2 aromatic carbocycles. The predicted molar refractivity (Wildman–Crippen MR) is 87.0 cm³/mol. The Bertz CT molecular complexity index is 806. The highest BCUT2D eigenvalue weighted by Gasteiger charge is 2.27. The SMILES string of the molecule is CC(=O)COc1ccc2c(c1)O/C(=C/c1ccc(Cl)cc1)C2=O. The topological polar surface area (TPSA) is 52.6 Å². The summed E-state index contributed by atoms with van der Waals surface area (Å²) < 4.78 is 10.9. The molecule has 5 heteroatoms. The minimum Gasteiger partial charge on any atom is -0.486 e. The van der Waals surface area contributed by atoms with E-state index in [1.807, 2.05) is 0 Å². The monoisotopic (exact) mass is 328 g/mol. The number of hydrogen-bond donors (Lipinski definition) is 0. The van der Waals surface area contributed by atoms with Crippen molar-refractivity contribution < 1.29 is 19.1 Å². The number of benzene rings is 2. The fourth-order valence-corrected chi connectivity index (χ4v) is 2.28. The molecule has 0 radical (unpaired) electrons. The number of carbonyl (C=O) groups is 2. The Hall–Kier alpha value is -2.59. The second-order valence-corrected chi connectivity index (χ2v) is 5.58. The van der Waals surface area contributed by atoms with E-state index in [4.69, 9.17) is 21.1 Å². The molecule has 0 N–H and O–H groups in total. The maximum atomic E-state index is 12.3. The number of ether oxygens (including phenoxy) is 2. The molecule has 0 aliphatic carbocycles. The van der Waals surface area contributed by atoms with E-state index in [9.17, 15) is 9.59 Å². The summed E-state index contributed by atoms with van der Waals surface area (Å²) in [4.78, 5) is 23.3. The van der Waals surface area contributed by atoms with Crippen LogP contribution in [0, 0.1) is 0 Å². The summed E-state index contributed by atoms with van der Waals surface area (Å²) in [5.41, 5.74) is 1.29. The van der Waals surface area contributed by atoms with Crippen LogP contribution in [0.25, 0.3) is 6.08 Å². The summed E-state index contributed by atoms with van der Waals surface area (Å²) in [6.45, 7) is 1.43. The molecule has 0 saturated carbocycles. The first-order valence-corrected chi connectivity index (χ1v) is 7.37. The Kier molecular flexibility index (Phi) is 4.17. The number of rotatable bonds is 4. The second-order valence-electron chi connectivity index (χ2n) is 5.14. The highest BCUT2D eigenvalue weighted by molar-refractivity contribution is 6.30. The molecule has 0 spiro atoms. The first-order valence-electron chi connectivity index (χ1n) is 6.99. The van der Waals surface area contributed by atoms with E-state index < -0.39 is 0 Å². The van der Waals surface area contributed by atoms with Gasteiger partial charge in [0.1, 0.15) is 18.1 Å². The van der Waals surface area contributed by atoms with Crippen molar-refractivity contribution in [3.63, 3.8) is 0 Å². The maximum absolute atomic E-state index is 12.3. The third-order valence-electron chi connectivity index (χ3n) is 3.25. The van der Waals surface area contributed by atoms with Gasteiger partial charge in [-0.15, -0.1) is 0 Å². The summed E-state index contributed by atoms with van der Waals surface area (Å²) in [7, 11) is 0. The standard InChI is InChI=1S/C18H13ClO4/c1-11(20)10-22-14-6-7-15-16(9-14)23-17(18(15)21)8-12-2-4-13(19)5-3-12/h2-9H,10H2,1H3/b17-8+. The molecule has 0 saturated heterocycles. The van der Waals surface area contributed by atoms with Gasteiger partial charge in [-0.1, -0.05) is 23.7 Å². The molecule has 4 nitrogen and oxygen atoms in total. The highest BCUT2D eigenvalue weighted by Crippen LogP contribution is 2.34. The number of allylic oxidation sites excluding steroid dienone is 1. The van der Waals surface area contributed by atoms with Gasteiger partial charge in [-0.25, -0.2) is 0 Å². The number of carbonyl (C=O) groups excluding carboxylic acids is 2. The van der Waals surface area contributed by atoms with Crippen molar-refractivity contribution in [2.45, 2.75) is 6.92 Å². The normalized spacial score (nSPS) is 14.5. The van der Waals surface area contributed by atoms with Crippen LogP contribution in [0.5, 0.6) is 11.5 Å². The minimum absolute atomic E-state index is 0.0137. The predicted octanol–water partition coefficient (Wildman–Crippen LogP) is 3.92. The van der Waals surface area contributed by atoms with Crippen molar-refractivity contribution in [1.29, 1.82) is 0 Å². The molecule has 23 heavy (non-hydrogen) atoms. The molecule has 1 heterocycles. The van der Waals surface area contributed by atoms with E-state index in [-0.39, 0.29) is 23.9 Å². The van der Waals surface area contributed by atoms with Gasteiger partial charge in [0.05, 0.1) is 5.56 Å². The van der Waals surface area contributed by atoms with E-state index in [0.717, 1.165) is 5.56 Å². The third kappa shape index (κ3) is 3.43. The van der Waals surface area contributed by atoms with Gasteiger partial charge < -0.3 is 9.47 Å². The Balaban J connectivity index is 1.83. The van der Waals surface area contributed by atoms with E-state index in [0.29, 0.717) is 22.1 Å². The first-order chi connectivity index (χ1) is 11.0. The summed E-state index contributed by atoms with van der Waals surface area (Å²) in [6, 6.07) is 12.0. The van der Waals surface area contributed by atoms with Crippen LogP contribution in [-0.4, -0.2) is 18.2 Å². The minimum atomic E-state index is -0.187. The van der Waals surface area contributed by atoms with Crippen LogP contribution >= 0.6 is 11.6 Å². The zero-order valence-electron chi connectivity index (χ0n) is 12.3. The number of halogens is 1. The maximum Gasteiger partial charge on any atom is 0.231 e. The molecule has 0 amide bonds. The molecule has 1 aliphatic heterocycles. The number of ketones is 2. The number of fused-ring (bicyclic) bond motifs is 1. The zero-order valence-corrected chi connectivity index (χ0v) is 13.1. The fourth-order valence-electron chi connectivity index (χ4n) is 2.15. The average Bonchev–Trinajstić information content (AvgIpc) is 2.83. The van der Waals surface area contributed by atoms with Crippen LogP contribution in [0.2, 0.25) is 5.02 Å². The molecule has 2 aromatic rings. The molecule has 0 atom stereocenters. The van der Waals surface area contributed by atoms with Crippen LogP contribution in [-0.2, 0) is 4.79 Å². The largest absolute Gasteiger partial charge is 0.486 e. The van der Waals surface area contributed by atoms with Gasteiger partial charge in [-0.05, 0) is 42.8 Å². The molecular formula is C18H13ClO4. The van der Waals surface area contributed by atoms with Gasteiger partial charge in [0.15, 0.2) is 11.5 Å². The summed E-state index contributed by atoms with van der Waals surface area (Å²) >= 11 is 5.84. The molecule has 0 unspecified atom stereocenters. The second kappa shape index (κ2) is 6.26. The van der Waals surface area contributed by atoms with Crippen molar-refractivity contribution in [1.82, 2.24) is 0 Å². The van der Waals surface area contributed by atoms with Crippen molar-refractivity contribution in [3.05, 3.63) is 64.4 Å². The fraction of sp³-hybridized carbons (Fsp3) is 0.111. The molecule has 0 aromatic heterocycles. The zero-order chi connectivity index (χ0) is 16.4. The van der Waals surface area contributed by atoms with Crippen LogP contribution in [0.1, 0.15) is 22.8 Å². The van der Waals surface area contributed by atoms with Gasteiger partial charge in [0.25, 0.3) is 0 Å². The smallest absolute Gasteiger partial charge is 0.231 e. The number of hydrogen-bond acceptors (Lipinski definition) is 4. The lowest BCUT2D eigenvalue weighted by Crippen LogP contribution is -2.06. The third-order valence-corrected chi connectivity index (χ3v) is 3.50. The number of Topliss-reactive ketones (excluding diaryl/α,β-unsaturated/α-hetero) is 2. The highest BCUT2D eigenvalue weighted by atomic mass is 35.5. The Morgan fingerprint density at radius 3 is 2.65 bits per heavy atom. The van der Waals surface area contributed by atoms with Crippen LogP contribution < -0.4 is 9.47 Å². The molecule has 1 aliphatic rings. The Morgan fingerprint density at radius 1 is 1.22 bits per heavy atom. The van der Waals surface area contributed by atoms with E-state index in [1.54, 1.807) is 48.5 Å². The van der Waals surface area contributed by atoms with Gasteiger partial charge >= 0.3 is 0 Å². The van der Waals surface area contributed by atoms with E-state index in [1.165, 1.54) is 6.92 Å². The molecule has 0 bridgehead atoms. The Labute approximate surface area is 138 Å². The molecule has 3 rings (SSSR count). The molecule has 116 valence electrons. The van der Waals surface area contributed by atoms with Crippen LogP contribution in [0.15, 0.2) is 48.2 Å². The summed E-state index contributed by atoms with van der Waals surface area (Å²) in [5.74, 6) is 0.890. The van der Waals surface area contributed by atoms with E-state index in [2.05, 4.69) is 0 Å². The van der Waals surface area contributed by atoms with Crippen molar-refractivity contribution in [3.8, 4) is 11.5 Å². The lowest BCUT2D eigenvalue weighted by atomic mass is 10.1. The van der Waals surface area contributed by atoms with Crippen LogP contribution in [0.3, 0.4) is 0 Å². The first kappa shape index (κ1) is 15.3. The van der Waals surface area contributed by atoms with Crippen LogP contribution in [0.4, 0.5) is 0 Å². The van der Waals surface area contributed by atoms with Crippen molar-refractivity contribution >= 4 is 29.2 Å². The lowest BCUT2D eigenvalue weighted by molar-refractivity contribution is -0.118. The van der Waals surface area contributed by atoms with Crippen molar-refractivity contribution in [2.75, 3.05) is 6.61 Å². The van der Waals surface area contributed by atoms with Gasteiger partial charge in [-0.2, -0.15) is 0 Å². The van der Waals surface area contributed by atoms with Gasteiger partial charge in [0, 0.05) is 11.1 Å². The van der Waals surface area contributed by atoms with Gasteiger partial charge in [-0.3, -0.25) is 9.59 Å². The molecular weight excluding hydrogens is 316 g/mol.